The molecule has 3 heterocycles. The van der Waals surface area contributed by atoms with Crippen molar-refractivity contribution in [2.75, 3.05) is 24.7 Å². The van der Waals surface area contributed by atoms with Gasteiger partial charge in [-0.2, -0.15) is 0 Å². The van der Waals surface area contributed by atoms with Crippen LogP contribution in [0.3, 0.4) is 0 Å². The second-order valence-electron chi connectivity index (χ2n) is 11.7. The minimum Gasteiger partial charge on any atom is -0.461 e. The molecular weight excluding hydrogens is 548 g/mol. The fraction of sp³-hybridized carbons (Fsp3) is 0.441. The van der Waals surface area contributed by atoms with Crippen LogP contribution in [-0.2, 0) is 25.5 Å². The SMILES string of the molecule is C=CCOC(=O)[C@@H]1[C@@H]2CC(C)C3(S2)C(C(=O)N(CC=C)c2c(C)cccc2C)N([C@@H](CO)Cc2ccccc2)C(=O)[C@H]13. The summed E-state index contributed by atoms with van der Waals surface area (Å²) in [5.74, 6) is -2.29. The Hall–Kier alpha value is -3.36. The number of aryl methyl sites for hydroxylation is 2. The molecule has 2 bridgehead atoms. The number of benzene rings is 2. The van der Waals surface area contributed by atoms with E-state index >= 15 is 4.79 Å². The molecule has 7 atom stereocenters. The maximum Gasteiger partial charge on any atom is 0.311 e. The number of nitrogens with zero attached hydrogens (tertiary/aromatic N) is 2. The van der Waals surface area contributed by atoms with Gasteiger partial charge in [-0.05, 0) is 49.3 Å². The molecule has 3 saturated heterocycles. The van der Waals surface area contributed by atoms with Gasteiger partial charge in [-0.1, -0.05) is 74.2 Å². The molecule has 3 aliphatic rings. The second kappa shape index (κ2) is 12.1. The third-order valence-electron chi connectivity index (χ3n) is 9.24. The molecular formula is C34H40N2O5S. The Balaban J connectivity index is 1.66. The predicted octanol–water partition coefficient (Wildman–Crippen LogP) is 4.49. The molecule has 2 amide bonds. The van der Waals surface area contributed by atoms with Gasteiger partial charge < -0.3 is 19.6 Å². The molecule has 1 spiro atoms. The van der Waals surface area contributed by atoms with Gasteiger partial charge in [0.1, 0.15) is 12.6 Å². The van der Waals surface area contributed by atoms with Crippen molar-refractivity contribution < 1.29 is 24.2 Å². The van der Waals surface area contributed by atoms with E-state index in [0.717, 1.165) is 22.4 Å². The van der Waals surface area contributed by atoms with E-state index in [1.165, 1.54) is 6.08 Å². The maximum absolute atomic E-state index is 15.0. The molecule has 3 fully saturated rings. The molecule has 222 valence electrons. The van der Waals surface area contributed by atoms with Crippen molar-refractivity contribution in [1.82, 2.24) is 4.90 Å². The number of aliphatic hydroxyl groups excluding tert-OH is 1. The van der Waals surface area contributed by atoms with Crippen LogP contribution in [-0.4, -0.2) is 69.6 Å². The van der Waals surface area contributed by atoms with Crippen molar-refractivity contribution in [3.63, 3.8) is 0 Å². The average molecular weight is 589 g/mol. The van der Waals surface area contributed by atoms with Crippen molar-refractivity contribution >= 4 is 35.2 Å². The number of para-hydroxylation sites is 1. The lowest BCUT2D eigenvalue weighted by Gasteiger charge is -2.42. The first-order valence-electron chi connectivity index (χ1n) is 14.6. The lowest BCUT2D eigenvalue weighted by molar-refractivity contribution is -0.154. The van der Waals surface area contributed by atoms with Crippen molar-refractivity contribution in [3.8, 4) is 0 Å². The van der Waals surface area contributed by atoms with E-state index < -0.39 is 34.6 Å². The van der Waals surface area contributed by atoms with Gasteiger partial charge in [0.15, 0.2) is 0 Å². The lowest BCUT2D eigenvalue weighted by atomic mass is 9.66. The average Bonchev–Trinajstić information content (AvgIpc) is 3.58. The third kappa shape index (κ3) is 4.78. The number of esters is 1. The number of amides is 2. The Morgan fingerprint density at radius 1 is 1.14 bits per heavy atom. The number of carbonyl (C=O) groups is 3. The molecule has 3 unspecified atom stereocenters. The summed E-state index contributed by atoms with van der Waals surface area (Å²) in [7, 11) is 0. The first-order chi connectivity index (χ1) is 20.2. The molecule has 3 aliphatic heterocycles. The summed E-state index contributed by atoms with van der Waals surface area (Å²) in [5.41, 5.74) is 3.64. The van der Waals surface area contributed by atoms with Gasteiger partial charge >= 0.3 is 5.97 Å². The van der Waals surface area contributed by atoms with Gasteiger partial charge in [-0.25, -0.2) is 0 Å². The number of aliphatic hydroxyl groups is 1. The zero-order valence-electron chi connectivity index (χ0n) is 24.6. The number of carbonyl (C=O) groups excluding carboxylic acids is 3. The fourth-order valence-corrected chi connectivity index (χ4v) is 9.96. The fourth-order valence-electron chi connectivity index (χ4n) is 7.57. The topological polar surface area (TPSA) is 87.2 Å². The van der Waals surface area contributed by atoms with E-state index in [9.17, 15) is 14.7 Å². The van der Waals surface area contributed by atoms with E-state index in [2.05, 4.69) is 20.1 Å². The number of likely N-dealkylation sites (tertiary alicyclic amines) is 1. The molecule has 7 nitrogen and oxygen atoms in total. The van der Waals surface area contributed by atoms with Gasteiger partial charge in [0.05, 0.1) is 29.2 Å². The molecule has 2 aromatic rings. The Morgan fingerprint density at radius 3 is 2.45 bits per heavy atom. The summed E-state index contributed by atoms with van der Waals surface area (Å²) in [6, 6.07) is 14.1. The summed E-state index contributed by atoms with van der Waals surface area (Å²) >= 11 is 1.60. The van der Waals surface area contributed by atoms with Crippen molar-refractivity contribution in [2.45, 2.75) is 55.7 Å². The van der Waals surface area contributed by atoms with Crippen LogP contribution in [0.2, 0.25) is 0 Å². The van der Waals surface area contributed by atoms with Crippen LogP contribution in [0.15, 0.2) is 73.8 Å². The summed E-state index contributed by atoms with van der Waals surface area (Å²) in [6.45, 7) is 13.6. The Kier molecular flexibility index (Phi) is 8.67. The van der Waals surface area contributed by atoms with E-state index in [1.807, 2.05) is 62.4 Å². The predicted molar refractivity (Wildman–Crippen MR) is 166 cm³/mol. The number of fused-ring (bicyclic) bond motifs is 1. The number of rotatable bonds is 11. The largest absolute Gasteiger partial charge is 0.461 e. The minimum atomic E-state index is -0.878. The maximum atomic E-state index is 15.0. The van der Waals surface area contributed by atoms with Crippen LogP contribution in [0.4, 0.5) is 5.69 Å². The zero-order chi connectivity index (χ0) is 30.2. The Morgan fingerprint density at radius 2 is 1.83 bits per heavy atom. The minimum absolute atomic E-state index is 0.0107. The second-order valence-corrected chi connectivity index (χ2v) is 13.3. The van der Waals surface area contributed by atoms with Crippen molar-refractivity contribution in [2.24, 2.45) is 17.8 Å². The number of hydrogen-bond donors (Lipinski definition) is 1. The van der Waals surface area contributed by atoms with Crippen LogP contribution in [0.25, 0.3) is 0 Å². The van der Waals surface area contributed by atoms with Gasteiger partial charge in [0, 0.05) is 17.5 Å². The van der Waals surface area contributed by atoms with Crippen LogP contribution >= 0.6 is 11.8 Å². The van der Waals surface area contributed by atoms with E-state index in [-0.39, 0.29) is 42.7 Å². The van der Waals surface area contributed by atoms with Crippen LogP contribution < -0.4 is 4.90 Å². The highest BCUT2D eigenvalue weighted by molar-refractivity contribution is 8.02. The van der Waals surface area contributed by atoms with E-state index in [1.54, 1.807) is 27.6 Å². The van der Waals surface area contributed by atoms with Crippen LogP contribution in [0.1, 0.15) is 30.0 Å². The first kappa shape index (κ1) is 30.1. The van der Waals surface area contributed by atoms with Gasteiger partial charge in [0.25, 0.3) is 5.91 Å². The molecule has 0 aliphatic carbocycles. The monoisotopic (exact) mass is 588 g/mol. The molecule has 5 rings (SSSR count). The van der Waals surface area contributed by atoms with Gasteiger partial charge in [0.2, 0.25) is 5.91 Å². The molecule has 0 saturated carbocycles. The molecule has 42 heavy (non-hydrogen) atoms. The first-order valence-corrected chi connectivity index (χ1v) is 15.5. The highest BCUT2D eigenvalue weighted by atomic mass is 32.2. The highest BCUT2D eigenvalue weighted by Gasteiger charge is 2.77. The number of thioether (sulfide) groups is 1. The summed E-state index contributed by atoms with van der Waals surface area (Å²) < 4.78 is 4.68. The standard InChI is InChI=1S/C34H40N2O5S/c1-6-16-35(29-21(3)12-11-13-22(29)4)32(39)30-34-23(5)18-26(42-34)27(33(40)41-17-7-2)28(34)31(38)36(30)25(20-37)19-24-14-9-8-10-15-24/h6-15,23,25-28,30,37H,1-2,16-20H2,3-5H3/t23?,25-,26+,27-,28+,30?,34?/m1/s1. The molecule has 2 aromatic carbocycles. The number of ether oxygens (including phenoxy) is 1. The number of anilines is 1. The lowest BCUT2D eigenvalue weighted by Crippen LogP contribution is -2.59. The summed E-state index contributed by atoms with van der Waals surface area (Å²) in [6.07, 6.45) is 4.30. The third-order valence-corrected chi connectivity index (χ3v) is 11.3. The van der Waals surface area contributed by atoms with E-state index in [4.69, 9.17) is 4.74 Å². The molecule has 0 aromatic heterocycles. The van der Waals surface area contributed by atoms with Crippen LogP contribution in [0, 0.1) is 31.6 Å². The zero-order valence-corrected chi connectivity index (χ0v) is 25.4. The smallest absolute Gasteiger partial charge is 0.311 e. The molecule has 0 radical (unpaired) electrons. The van der Waals surface area contributed by atoms with Crippen molar-refractivity contribution in [3.05, 3.63) is 90.5 Å². The molecule has 8 heteroatoms. The number of hydrogen-bond acceptors (Lipinski definition) is 6. The highest BCUT2D eigenvalue weighted by Crippen LogP contribution is 2.69. The van der Waals surface area contributed by atoms with Crippen LogP contribution in [0.5, 0.6) is 0 Å². The Labute approximate surface area is 252 Å². The Bertz CT molecular complexity index is 1360. The van der Waals surface area contributed by atoms with E-state index in [0.29, 0.717) is 12.8 Å². The normalized spacial score (nSPS) is 28.3. The van der Waals surface area contributed by atoms with Gasteiger partial charge in [-0.3, -0.25) is 14.4 Å². The quantitative estimate of drug-likeness (QED) is 0.308. The summed E-state index contributed by atoms with van der Waals surface area (Å²) in [4.78, 5) is 46.5. The van der Waals surface area contributed by atoms with Crippen molar-refractivity contribution in [1.29, 1.82) is 0 Å². The molecule has 1 N–H and O–H groups in total. The van der Waals surface area contributed by atoms with Gasteiger partial charge in [-0.15, -0.1) is 18.3 Å². The summed E-state index contributed by atoms with van der Waals surface area (Å²) in [5, 5.41) is 10.6.